The van der Waals surface area contributed by atoms with Gasteiger partial charge >= 0.3 is 0 Å². The van der Waals surface area contributed by atoms with Gasteiger partial charge in [0.2, 0.25) is 5.91 Å². The average Bonchev–Trinajstić information content (AvgIpc) is 3.24. The number of hydrogen-bond acceptors (Lipinski definition) is 6. The van der Waals surface area contributed by atoms with Gasteiger partial charge < -0.3 is 15.4 Å². The monoisotopic (exact) mass is 452 g/mol. The van der Waals surface area contributed by atoms with Gasteiger partial charge in [0.05, 0.1) is 5.69 Å². The molecule has 0 saturated carbocycles. The number of hydrogen-bond donors (Lipinski definition) is 2. The summed E-state index contributed by atoms with van der Waals surface area (Å²) in [4.78, 5) is 18.1. The first kappa shape index (κ1) is 24.5. The van der Waals surface area contributed by atoms with Crippen molar-refractivity contribution in [1.29, 1.82) is 0 Å². The second-order valence-corrected chi connectivity index (χ2v) is 9.58. The number of aromatic nitrogens is 1. The van der Waals surface area contributed by atoms with Crippen LogP contribution in [0.25, 0.3) is 11.3 Å². The molecule has 1 saturated heterocycles. The van der Waals surface area contributed by atoms with Gasteiger partial charge in [-0.1, -0.05) is 30.7 Å². The molecule has 1 aromatic carbocycles. The van der Waals surface area contributed by atoms with Crippen molar-refractivity contribution in [3.05, 3.63) is 35.2 Å². The SMILES string of the molecule is CCN(C)c1nc(-c2cccc(C)c2)cs1.CCNS(=O)C1(C(N)=O)CCOCC1. The zero-order chi connectivity index (χ0) is 22.1. The van der Waals surface area contributed by atoms with E-state index in [9.17, 15) is 9.00 Å². The van der Waals surface area contributed by atoms with E-state index < -0.39 is 21.6 Å². The zero-order valence-electron chi connectivity index (χ0n) is 18.1. The number of rotatable bonds is 7. The zero-order valence-corrected chi connectivity index (χ0v) is 19.8. The minimum Gasteiger partial charge on any atom is -0.381 e. The molecule has 2 heterocycles. The Hall–Kier alpha value is -1.81. The highest BCUT2D eigenvalue weighted by molar-refractivity contribution is 7.85. The minimum atomic E-state index is -1.40. The number of amides is 1. The van der Waals surface area contributed by atoms with E-state index in [1.807, 2.05) is 6.92 Å². The largest absolute Gasteiger partial charge is 0.381 e. The van der Waals surface area contributed by atoms with Crippen molar-refractivity contribution in [3.8, 4) is 11.3 Å². The van der Waals surface area contributed by atoms with Gasteiger partial charge in [0.1, 0.15) is 15.7 Å². The average molecular weight is 453 g/mol. The lowest BCUT2D eigenvalue weighted by Crippen LogP contribution is -2.54. The third-order valence-corrected chi connectivity index (χ3v) is 7.81. The summed E-state index contributed by atoms with van der Waals surface area (Å²) in [7, 11) is 0.669. The molecular weight excluding hydrogens is 420 g/mol. The van der Waals surface area contributed by atoms with E-state index in [0.717, 1.165) is 17.4 Å². The van der Waals surface area contributed by atoms with Crippen molar-refractivity contribution >= 4 is 33.4 Å². The van der Waals surface area contributed by atoms with Gasteiger partial charge in [-0.15, -0.1) is 11.3 Å². The van der Waals surface area contributed by atoms with E-state index in [1.54, 1.807) is 11.3 Å². The topological polar surface area (TPSA) is 97.5 Å². The number of anilines is 1. The quantitative estimate of drug-likeness (QED) is 0.673. The standard InChI is InChI=1S/C13H16N2S.C8H16N2O3S/c1-4-15(3)13-14-12(9-16-13)11-7-5-6-10(2)8-11;1-2-10-14(12)8(7(9)11)3-5-13-6-4-8/h5-9H,4H2,1-3H3;10H,2-6H2,1H3,(H2,9,11). The van der Waals surface area contributed by atoms with Crippen LogP contribution >= 0.6 is 11.3 Å². The van der Waals surface area contributed by atoms with Crippen molar-refractivity contribution < 1.29 is 13.7 Å². The van der Waals surface area contributed by atoms with Crippen molar-refractivity contribution in [2.45, 2.75) is 38.4 Å². The lowest BCUT2D eigenvalue weighted by Gasteiger charge is -2.32. The Balaban J connectivity index is 0.000000216. The summed E-state index contributed by atoms with van der Waals surface area (Å²) in [6, 6.07) is 8.46. The normalized spacial score (nSPS) is 16.3. The van der Waals surface area contributed by atoms with Crippen molar-refractivity contribution in [2.24, 2.45) is 5.73 Å². The van der Waals surface area contributed by atoms with E-state index >= 15 is 0 Å². The maximum atomic E-state index is 11.8. The molecule has 1 atom stereocenters. The molecule has 0 spiro atoms. The van der Waals surface area contributed by atoms with Crippen molar-refractivity contribution in [2.75, 3.05) is 38.3 Å². The van der Waals surface area contributed by atoms with Gasteiger partial charge in [-0.05, 0) is 32.8 Å². The molecule has 166 valence electrons. The first-order valence-corrected chi connectivity index (χ1v) is 12.1. The molecular formula is C21H32N4O3S2. The van der Waals surface area contributed by atoms with Crippen LogP contribution in [0.15, 0.2) is 29.6 Å². The predicted octanol–water partition coefficient (Wildman–Crippen LogP) is 2.87. The van der Waals surface area contributed by atoms with E-state index in [1.165, 1.54) is 11.1 Å². The summed E-state index contributed by atoms with van der Waals surface area (Å²) in [5.74, 6) is -0.500. The molecule has 0 bridgehead atoms. The van der Waals surface area contributed by atoms with Gasteiger partial charge in [-0.2, -0.15) is 0 Å². The van der Waals surface area contributed by atoms with Crippen LogP contribution in [0.1, 0.15) is 32.3 Å². The minimum absolute atomic E-state index is 0.432. The van der Waals surface area contributed by atoms with Crippen LogP contribution in [0.3, 0.4) is 0 Å². The molecule has 7 nitrogen and oxygen atoms in total. The third-order valence-electron chi connectivity index (χ3n) is 4.99. The Kier molecular flexibility index (Phi) is 9.41. The molecule has 0 aliphatic carbocycles. The van der Waals surface area contributed by atoms with Crippen LogP contribution in [-0.4, -0.2) is 53.2 Å². The molecule has 1 fully saturated rings. The summed E-state index contributed by atoms with van der Waals surface area (Å²) in [6.45, 7) is 8.51. The number of carbonyl (C=O) groups is 1. The molecule has 1 aliphatic rings. The number of benzene rings is 1. The van der Waals surface area contributed by atoms with Crippen LogP contribution in [0, 0.1) is 6.92 Å². The van der Waals surface area contributed by atoms with Gasteiger partial charge in [0.25, 0.3) is 0 Å². The molecule has 3 N–H and O–H groups in total. The fourth-order valence-electron chi connectivity index (χ4n) is 3.01. The van der Waals surface area contributed by atoms with Crippen LogP contribution < -0.4 is 15.4 Å². The predicted molar refractivity (Wildman–Crippen MR) is 125 cm³/mol. The second-order valence-electron chi connectivity index (χ2n) is 7.14. The lowest BCUT2D eigenvalue weighted by molar-refractivity contribution is -0.122. The van der Waals surface area contributed by atoms with Crippen molar-refractivity contribution in [1.82, 2.24) is 9.71 Å². The number of nitrogens with zero attached hydrogens (tertiary/aromatic N) is 2. The molecule has 1 unspecified atom stereocenters. The smallest absolute Gasteiger partial charge is 0.237 e. The number of nitrogens with one attached hydrogen (secondary N) is 1. The highest BCUT2D eigenvalue weighted by Gasteiger charge is 2.44. The first-order chi connectivity index (χ1) is 14.3. The Morgan fingerprint density at radius 2 is 2.07 bits per heavy atom. The summed E-state index contributed by atoms with van der Waals surface area (Å²) in [6.07, 6.45) is 0.865. The molecule has 9 heteroatoms. The molecule has 30 heavy (non-hydrogen) atoms. The lowest BCUT2D eigenvalue weighted by atomic mass is 9.98. The molecule has 2 aromatic rings. The summed E-state index contributed by atoms with van der Waals surface area (Å²) in [5, 5.41) is 3.20. The Morgan fingerprint density at radius 3 is 2.63 bits per heavy atom. The fourth-order valence-corrected chi connectivity index (χ4v) is 5.13. The van der Waals surface area contributed by atoms with Crippen molar-refractivity contribution in [3.63, 3.8) is 0 Å². The maximum absolute atomic E-state index is 11.8. The molecule has 1 aliphatic heterocycles. The number of carbonyl (C=O) groups excluding carboxylic acids is 1. The van der Waals surface area contributed by atoms with Crippen LogP contribution in [0.2, 0.25) is 0 Å². The number of thiazole rings is 1. The summed E-state index contributed by atoms with van der Waals surface area (Å²) in [5.41, 5.74) is 8.85. The van der Waals surface area contributed by atoms with E-state index in [0.29, 0.717) is 32.6 Å². The Labute approximate surface area is 185 Å². The first-order valence-electron chi connectivity index (χ1n) is 10.1. The number of ether oxygens (including phenoxy) is 1. The second kappa shape index (κ2) is 11.5. The van der Waals surface area contributed by atoms with Gasteiger partial charge in [-0.3, -0.25) is 4.79 Å². The third kappa shape index (κ3) is 6.10. The van der Waals surface area contributed by atoms with Gasteiger partial charge in [-0.25, -0.2) is 13.9 Å². The van der Waals surface area contributed by atoms with E-state index in [2.05, 4.69) is 65.1 Å². The van der Waals surface area contributed by atoms with Crippen LogP contribution in [0.5, 0.6) is 0 Å². The summed E-state index contributed by atoms with van der Waals surface area (Å²) >= 11 is 1.70. The number of aryl methyl sites for hydroxylation is 1. The number of primary amides is 1. The van der Waals surface area contributed by atoms with E-state index in [4.69, 9.17) is 10.5 Å². The van der Waals surface area contributed by atoms with Crippen LogP contribution in [-0.2, 0) is 20.5 Å². The fraction of sp³-hybridized carbons (Fsp3) is 0.524. The van der Waals surface area contributed by atoms with Gasteiger partial charge in [0.15, 0.2) is 5.13 Å². The van der Waals surface area contributed by atoms with E-state index in [-0.39, 0.29) is 0 Å². The molecule has 0 radical (unpaired) electrons. The Bertz CT molecular complexity index is 850. The van der Waals surface area contributed by atoms with Gasteiger partial charge in [0, 0.05) is 44.3 Å². The maximum Gasteiger partial charge on any atom is 0.237 e. The number of nitrogens with two attached hydrogens (primary N) is 1. The Morgan fingerprint density at radius 1 is 1.37 bits per heavy atom. The van der Waals surface area contributed by atoms with Crippen LogP contribution in [0.4, 0.5) is 5.13 Å². The highest BCUT2D eigenvalue weighted by Crippen LogP contribution is 2.27. The highest BCUT2D eigenvalue weighted by atomic mass is 32.2. The molecule has 1 amide bonds. The summed E-state index contributed by atoms with van der Waals surface area (Å²) < 4.78 is 18.8. The molecule has 3 rings (SSSR count). The molecule has 1 aromatic heterocycles.